The molecule has 0 saturated heterocycles. The van der Waals surface area contributed by atoms with E-state index in [-0.39, 0.29) is 11.0 Å². The first-order chi connectivity index (χ1) is 6.30. The Bertz CT molecular complexity index is 111. The van der Waals surface area contributed by atoms with E-state index in [1.165, 1.54) is 6.42 Å². The molecule has 0 atom stereocenters. The van der Waals surface area contributed by atoms with E-state index in [9.17, 15) is 10.1 Å². The summed E-state index contributed by atoms with van der Waals surface area (Å²) < 4.78 is 0. The van der Waals surface area contributed by atoms with Crippen LogP contribution < -0.4 is 0 Å². The van der Waals surface area contributed by atoms with Crippen molar-refractivity contribution >= 4 is 0 Å². The van der Waals surface area contributed by atoms with Gasteiger partial charge in [-0.1, -0.05) is 20.3 Å². The second-order valence-electron chi connectivity index (χ2n) is 2.58. The average molecular weight is 191 g/mol. The summed E-state index contributed by atoms with van der Waals surface area (Å²) in [4.78, 5) is 10.0. The monoisotopic (exact) mass is 191 g/mol. The van der Waals surface area contributed by atoms with E-state index in [0.717, 1.165) is 32.8 Å². The number of aliphatic hydroxyl groups excluding tert-OH is 1. The van der Waals surface area contributed by atoms with Gasteiger partial charge in [0.05, 0.1) is 0 Å². The standard InChI is InChI=1S/C6H11NO2.C2H6.CH4O/c8-7(9)6-4-2-1-3-5-6;2*1-2/h6H,1-5H2;1-2H3;2H,1H3. The lowest BCUT2D eigenvalue weighted by atomic mass is 9.96. The van der Waals surface area contributed by atoms with Gasteiger partial charge in [-0.25, -0.2) is 0 Å². The Kier molecular flexibility index (Phi) is 13.0. The van der Waals surface area contributed by atoms with Crippen molar-refractivity contribution in [2.24, 2.45) is 0 Å². The van der Waals surface area contributed by atoms with Crippen LogP contribution in [0.4, 0.5) is 0 Å². The molecule has 4 heteroatoms. The highest BCUT2D eigenvalue weighted by molar-refractivity contribution is 4.63. The molecule has 1 rings (SSSR count). The predicted molar refractivity (Wildman–Crippen MR) is 53.4 cm³/mol. The zero-order valence-corrected chi connectivity index (χ0v) is 8.82. The summed E-state index contributed by atoms with van der Waals surface area (Å²) in [5, 5.41) is 17.2. The number of rotatable bonds is 1. The van der Waals surface area contributed by atoms with Crippen LogP contribution >= 0.6 is 0 Å². The molecule has 0 aliphatic heterocycles. The van der Waals surface area contributed by atoms with Gasteiger partial charge in [0, 0.05) is 24.9 Å². The molecular formula is C9H21NO3. The highest BCUT2D eigenvalue weighted by Gasteiger charge is 2.21. The zero-order chi connectivity index (χ0) is 10.7. The molecule has 4 nitrogen and oxygen atoms in total. The van der Waals surface area contributed by atoms with Crippen molar-refractivity contribution in [2.45, 2.75) is 52.0 Å². The van der Waals surface area contributed by atoms with E-state index in [4.69, 9.17) is 5.11 Å². The first-order valence-corrected chi connectivity index (χ1v) is 4.89. The van der Waals surface area contributed by atoms with Gasteiger partial charge in [-0.15, -0.1) is 0 Å². The highest BCUT2D eigenvalue weighted by atomic mass is 16.6. The molecule has 0 amide bonds. The normalized spacial score (nSPS) is 16.0. The van der Waals surface area contributed by atoms with Crippen LogP contribution in [0.25, 0.3) is 0 Å². The fourth-order valence-corrected chi connectivity index (χ4v) is 1.29. The van der Waals surface area contributed by atoms with Gasteiger partial charge in [0.1, 0.15) is 0 Å². The van der Waals surface area contributed by atoms with E-state index in [0.29, 0.717) is 0 Å². The number of nitro groups is 1. The van der Waals surface area contributed by atoms with Gasteiger partial charge < -0.3 is 5.11 Å². The molecule has 0 unspecified atom stereocenters. The van der Waals surface area contributed by atoms with Crippen LogP contribution in [-0.2, 0) is 0 Å². The van der Waals surface area contributed by atoms with Gasteiger partial charge in [-0.3, -0.25) is 10.1 Å². The van der Waals surface area contributed by atoms with Crippen LogP contribution in [0.3, 0.4) is 0 Å². The third-order valence-electron chi connectivity index (χ3n) is 1.87. The molecule has 0 radical (unpaired) electrons. The van der Waals surface area contributed by atoms with Crippen LogP contribution in [-0.4, -0.2) is 23.2 Å². The maximum absolute atomic E-state index is 10.2. The van der Waals surface area contributed by atoms with Crippen LogP contribution in [0, 0.1) is 10.1 Å². The number of hydrogen-bond donors (Lipinski definition) is 1. The Labute approximate surface area is 80.1 Å². The topological polar surface area (TPSA) is 63.4 Å². The molecule has 0 aromatic rings. The van der Waals surface area contributed by atoms with E-state index >= 15 is 0 Å². The lowest BCUT2D eigenvalue weighted by molar-refractivity contribution is -0.526. The van der Waals surface area contributed by atoms with Gasteiger partial charge in [-0.05, 0) is 12.8 Å². The molecule has 80 valence electrons. The minimum atomic E-state index is -0.223. The van der Waals surface area contributed by atoms with Crippen molar-refractivity contribution in [2.75, 3.05) is 7.11 Å². The molecule has 1 aliphatic rings. The van der Waals surface area contributed by atoms with Gasteiger partial charge in [-0.2, -0.15) is 0 Å². The molecule has 0 spiro atoms. The SMILES string of the molecule is CC.CO.O=[N+]([O-])C1CCCCC1. The quantitative estimate of drug-likeness (QED) is 0.510. The van der Waals surface area contributed by atoms with Crippen LogP contribution in [0.1, 0.15) is 46.0 Å². The zero-order valence-electron chi connectivity index (χ0n) is 8.82. The molecule has 13 heavy (non-hydrogen) atoms. The number of aliphatic hydroxyl groups is 1. The van der Waals surface area contributed by atoms with Crippen LogP contribution in [0.15, 0.2) is 0 Å². The Balaban J connectivity index is 0. The smallest absolute Gasteiger partial charge is 0.213 e. The maximum atomic E-state index is 10.2. The molecule has 1 N–H and O–H groups in total. The van der Waals surface area contributed by atoms with E-state index in [1.807, 2.05) is 13.8 Å². The molecule has 0 aromatic heterocycles. The minimum Gasteiger partial charge on any atom is -0.400 e. The summed E-state index contributed by atoms with van der Waals surface area (Å²) in [6.45, 7) is 4.00. The Morgan fingerprint density at radius 3 is 1.77 bits per heavy atom. The number of hydrogen-bond acceptors (Lipinski definition) is 3. The van der Waals surface area contributed by atoms with E-state index in [1.54, 1.807) is 0 Å². The average Bonchev–Trinajstić information content (AvgIpc) is 2.25. The number of nitrogens with zero attached hydrogens (tertiary/aromatic N) is 1. The second-order valence-corrected chi connectivity index (χ2v) is 2.58. The molecule has 1 fully saturated rings. The van der Waals surface area contributed by atoms with Crippen molar-refractivity contribution in [1.82, 2.24) is 0 Å². The second kappa shape index (κ2) is 11.4. The lowest BCUT2D eigenvalue weighted by Crippen LogP contribution is -2.21. The van der Waals surface area contributed by atoms with Crippen molar-refractivity contribution in [3.63, 3.8) is 0 Å². The largest absolute Gasteiger partial charge is 0.400 e. The summed E-state index contributed by atoms with van der Waals surface area (Å²) in [5.74, 6) is 0. The molecule has 0 bridgehead atoms. The van der Waals surface area contributed by atoms with Gasteiger partial charge in [0.2, 0.25) is 6.04 Å². The van der Waals surface area contributed by atoms with Crippen molar-refractivity contribution in [3.05, 3.63) is 10.1 Å². The fraction of sp³-hybridized carbons (Fsp3) is 1.00. The van der Waals surface area contributed by atoms with Gasteiger partial charge in [0.15, 0.2) is 0 Å². The Morgan fingerprint density at radius 2 is 1.54 bits per heavy atom. The Hall–Kier alpha value is -0.640. The molecule has 1 aliphatic carbocycles. The molecular weight excluding hydrogens is 170 g/mol. The fourth-order valence-electron chi connectivity index (χ4n) is 1.29. The van der Waals surface area contributed by atoms with Gasteiger partial charge >= 0.3 is 0 Å². The third kappa shape index (κ3) is 7.71. The first-order valence-electron chi connectivity index (χ1n) is 4.89. The van der Waals surface area contributed by atoms with Gasteiger partial charge in [0.25, 0.3) is 0 Å². The summed E-state index contributed by atoms with van der Waals surface area (Å²) in [6.07, 6.45) is 4.88. The molecule has 0 aromatic carbocycles. The van der Waals surface area contributed by atoms with Crippen molar-refractivity contribution in [1.29, 1.82) is 0 Å². The van der Waals surface area contributed by atoms with Crippen LogP contribution in [0.2, 0.25) is 0 Å². The Morgan fingerprint density at radius 1 is 1.15 bits per heavy atom. The third-order valence-corrected chi connectivity index (χ3v) is 1.87. The van der Waals surface area contributed by atoms with E-state index in [2.05, 4.69) is 0 Å². The summed E-state index contributed by atoms with van der Waals surface area (Å²) >= 11 is 0. The van der Waals surface area contributed by atoms with Crippen LogP contribution in [0.5, 0.6) is 0 Å². The summed E-state index contributed by atoms with van der Waals surface area (Å²) in [7, 11) is 1.00. The predicted octanol–water partition coefficient (Wildman–Crippen LogP) is 2.23. The summed E-state index contributed by atoms with van der Waals surface area (Å²) in [6, 6.07) is -0.223. The minimum absolute atomic E-state index is 0.140. The first kappa shape index (κ1) is 14.9. The summed E-state index contributed by atoms with van der Waals surface area (Å²) in [5.41, 5.74) is 0. The van der Waals surface area contributed by atoms with Crippen molar-refractivity contribution in [3.8, 4) is 0 Å². The highest BCUT2D eigenvalue weighted by Crippen LogP contribution is 2.19. The molecule has 1 saturated carbocycles. The molecule has 0 heterocycles. The maximum Gasteiger partial charge on any atom is 0.213 e. The lowest BCUT2D eigenvalue weighted by Gasteiger charge is -2.13. The van der Waals surface area contributed by atoms with E-state index < -0.39 is 0 Å². The van der Waals surface area contributed by atoms with Crippen molar-refractivity contribution < 1.29 is 10.0 Å².